The number of esters is 1. The van der Waals surface area contributed by atoms with E-state index in [2.05, 4.69) is 25.3 Å². The van der Waals surface area contributed by atoms with E-state index in [0.29, 0.717) is 36.2 Å². The lowest BCUT2D eigenvalue weighted by Crippen LogP contribution is -2.19. The van der Waals surface area contributed by atoms with Crippen LogP contribution in [0.3, 0.4) is 0 Å². The molecule has 0 spiro atoms. The van der Waals surface area contributed by atoms with Gasteiger partial charge >= 0.3 is 5.97 Å². The van der Waals surface area contributed by atoms with Gasteiger partial charge in [-0.1, -0.05) is 11.2 Å². The number of hydrogen-bond donors (Lipinski definition) is 1. The zero-order valence-corrected chi connectivity index (χ0v) is 13.3. The fourth-order valence-electron chi connectivity index (χ4n) is 2.21. The van der Waals surface area contributed by atoms with Crippen LogP contribution in [-0.2, 0) is 17.8 Å². The van der Waals surface area contributed by atoms with Gasteiger partial charge in [-0.3, -0.25) is 15.0 Å². The third-order valence-corrected chi connectivity index (χ3v) is 3.31. The molecule has 9 heteroatoms. The lowest BCUT2D eigenvalue weighted by molar-refractivity contribution is 0.0591. The second-order valence-electron chi connectivity index (χ2n) is 5.16. The Kier molecular flexibility index (Phi) is 4.62. The van der Waals surface area contributed by atoms with Gasteiger partial charge in [-0.05, 0) is 19.2 Å². The molecule has 124 valence electrons. The van der Waals surface area contributed by atoms with Gasteiger partial charge in [-0.15, -0.1) is 0 Å². The number of nitrogens with one attached hydrogen (secondary N) is 1. The van der Waals surface area contributed by atoms with Crippen LogP contribution in [0.15, 0.2) is 35.1 Å². The van der Waals surface area contributed by atoms with E-state index in [1.54, 1.807) is 12.4 Å². The van der Waals surface area contributed by atoms with Gasteiger partial charge in [-0.2, -0.15) is 10.1 Å². The summed E-state index contributed by atoms with van der Waals surface area (Å²) < 4.78 is 9.96. The number of H-pyrrole nitrogens is 1. The first-order chi connectivity index (χ1) is 11.7. The molecule has 0 saturated carbocycles. The zero-order valence-electron chi connectivity index (χ0n) is 13.3. The molecule has 0 fully saturated rings. The predicted octanol–water partition coefficient (Wildman–Crippen LogP) is 1.27. The van der Waals surface area contributed by atoms with Crippen molar-refractivity contribution in [3.8, 4) is 11.5 Å². The van der Waals surface area contributed by atoms with Crippen molar-refractivity contribution in [2.24, 2.45) is 0 Å². The summed E-state index contributed by atoms with van der Waals surface area (Å²) in [6.07, 6.45) is 3.26. The van der Waals surface area contributed by atoms with Crippen molar-refractivity contribution in [1.29, 1.82) is 0 Å². The molecule has 0 aliphatic carbocycles. The van der Waals surface area contributed by atoms with Gasteiger partial charge in [0.1, 0.15) is 11.4 Å². The average Bonchev–Trinajstić information content (AvgIpc) is 3.24. The molecule has 3 aromatic rings. The molecule has 1 N–H and O–H groups in total. The summed E-state index contributed by atoms with van der Waals surface area (Å²) in [5.74, 6) is 0.449. The lowest BCUT2D eigenvalue weighted by Gasteiger charge is -2.13. The van der Waals surface area contributed by atoms with E-state index in [4.69, 9.17) is 9.26 Å². The Bertz CT molecular complexity index is 813. The van der Waals surface area contributed by atoms with Gasteiger partial charge in [0, 0.05) is 18.3 Å². The maximum atomic E-state index is 11.6. The number of aromatic nitrogens is 5. The molecule has 3 rings (SSSR count). The van der Waals surface area contributed by atoms with E-state index in [1.165, 1.54) is 7.11 Å². The SMILES string of the molecule is COC(=O)c1[nH]ncc1CN(C)Cc1nc(-c2ccccn2)no1. The highest BCUT2D eigenvalue weighted by Crippen LogP contribution is 2.14. The van der Waals surface area contributed by atoms with Crippen molar-refractivity contribution in [2.45, 2.75) is 13.1 Å². The van der Waals surface area contributed by atoms with Crippen LogP contribution in [0.5, 0.6) is 0 Å². The minimum Gasteiger partial charge on any atom is -0.464 e. The van der Waals surface area contributed by atoms with Crippen LogP contribution < -0.4 is 0 Å². The van der Waals surface area contributed by atoms with Gasteiger partial charge in [-0.25, -0.2) is 4.79 Å². The molecule has 24 heavy (non-hydrogen) atoms. The third kappa shape index (κ3) is 3.46. The van der Waals surface area contributed by atoms with Crippen molar-refractivity contribution in [3.63, 3.8) is 0 Å². The molecule has 0 aliphatic heterocycles. The van der Waals surface area contributed by atoms with E-state index in [1.807, 2.05) is 30.1 Å². The van der Waals surface area contributed by atoms with Crippen LogP contribution >= 0.6 is 0 Å². The maximum absolute atomic E-state index is 11.6. The zero-order chi connectivity index (χ0) is 16.9. The van der Waals surface area contributed by atoms with Crippen molar-refractivity contribution < 1.29 is 14.1 Å². The maximum Gasteiger partial charge on any atom is 0.356 e. The van der Waals surface area contributed by atoms with Crippen molar-refractivity contribution in [3.05, 3.63) is 47.7 Å². The minimum atomic E-state index is -0.453. The topological polar surface area (TPSA) is 110 Å². The third-order valence-electron chi connectivity index (χ3n) is 3.31. The largest absolute Gasteiger partial charge is 0.464 e. The number of ether oxygens (including phenoxy) is 1. The first kappa shape index (κ1) is 15.8. The van der Waals surface area contributed by atoms with Crippen LogP contribution in [-0.4, -0.2) is 50.3 Å². The molecule has 3 aromatic heterocycles. The number of methoxy groups -OCH3 is 1. The smallest absolute Gasteiger partial charge is 0.356 e. The van der Waals surface area contributed by atoms with E-state index < -0.39 is 5.97 Å². The molecule has 0 bridgehead atoms. The van der Waals surface area contributed by atoms with Crippen molar-refractivity contribution in [1.82, 2.24) is 30.2 Å². The summed E-state index contributed by atoms with van der Waals surface area (Å²) in [5.41, 5.74) is 1.72. The number of rotatable bonds is 6. The highest BCUT2D eigenvalue weighted by Gasteiger charge is 2.17. The highest BCUT2D eigenvalue weighted by molar-refractivity contribution is 5.88. The Morgan fingerprint density at radius 2 is 2.25 bits per heavy atom. The van der Waals surface area contributed by atoms with Crippen LogP contribution in [0.4, 0.5) is 0 Å². The van der Waals surface area contributed by atoms with Gasteiger partial charge in [0.15, 0.2) is 0 Å². The summed E-state index contributed by atoms with van der Waals surface area (Å²) >= 11 is 0. The van der Waals surface area contributed by atoms with E-state index in [0.717, 1.165) is 5.56 Å². The number of hydrogen-bond acceptors (Lipinski definition) is 8. The number of carbonyl (C=O) groups excluding carboxylic acids is 1. The van der Waals surface area contributed by atoms with E-state index >= 15 is 0 Å². The Balaban J connectivity index is 1.66. The number of carbonyl (C=O) groups is 1. The molecule has 0 amide bonds. The molecular weight excluding hydrogens is 312 g/mol. The van der Waals surface area contributed by atoms with Crippen LogP contribution in [0.2, 0.25) is 0 Å². The molecular formula is C15H16N6O3. The highest BCUT2D eigenvalue weighted by atomic mass is 16.5. The summed E-state index contributed by atoms with van der Waals surface area (Å²) in [4.78, 5) is 22.1. The second-order valence-corrected chi connectivity index (χ2v) is 5.16. The van der Waals surface area contributed by atoms with Crippen molar-refractivity contribution in [2.75, 3.05) is 14.2 Å². The number of aromatic amines is 1. The average molecular weight is 328 g/mol. The lowest BCUT2D eigenvalue weighted by atomic mass is 10.2. The molecule has 0 aromatic carbocycles. The second kappa shape index (κ2) is 7.01. The van der Waals surface area contributed by atoms with Crippen LogP contribution in [0, 0.1) is 0 Å². The molecule has 0 atom stereocenters. The number of pyridine rings is 1. The van der Waals surface area contributed by atoms with Gasteiger partial charge in [0.05, 0.1) is 19.9 Å². The quantitative estimate of drug-likeness (QED) is 0.674. The Morgan fingerprint density at radius 1 is 1.38 bits per heavy atom. The van der Waals surface area contributed by atoms with Gasteiger partial charge in [0.25, 0.3) is 0 Å². The first-order valence-corrected chi connectivity index (χ1v) is 7.20. The van der Waals surface area contributed by atoms with E-state index in [9.17, 15) is 4.79 Å². The summed E-state index contributed by atoms with van der Waals surface area (Å²) in [6.45, 7) is 0.897. The summed E-state index contributed by atoms with van der Waals surface area (Å²) in [5, 5.41) is 10.5. The predicted molar refractivity (Wildman–Crippen MR) is 82.6 cm³/mol. The summed E-state index contributed by atoms with van der Waals surface area (Å²) in [6, 6.07) is 5.49. The standard InChI is InChI=1S/C15H16N6O3/c1-21(8-10-7-17-19-13(10)15(22)23-2)9-12-18-14(20-24-12)11-5-3-4-6-16-11/h3-7H,8-9H2,1-2H3,(H,17,19). The first-order valence-electron chi connectivity index (χ1n) is 7.20. The van der Waals surface area contributed by atoms with Crippen LogP contribution in [0.1, 0.15) is 21.9 Å². The minimum absolute atomic E-state index is 0.337. The fourth-order valence-corrected chi connectivity index (χ4v) is 2.21. The van der Waals surface area contributed by atoms with Crippen LogP contribution in [0.25, 0.3) is 11.5 Å². The van der Waals surface area contributed by atoms with Gasteiger partial charge < -0.3 is 9.26 Å². The normalized spacial score (nSPS) is 11.0. The molecule has 0 aliphatic rings. The summed E-state index contributed by atoms with van der Waals surface area (Å²) in [7, 11) is 3.20. The molecule has 0 unspecified atom stereocenters. The Labute approximate surface area is 137 Å². The molecule has 9 nitrogen and oxygen atoms in total. The van der Waals surface area contributed by atoms with E-state index in [-0.39, 0.29) is 0 Å². The van der Waals surface area contributed by atoms with Gasteiger partial charge in [0.2, 0.25) is 11.7 Å². The molecule has 3 heterocycles. The fraction of sp³-hybridized carbons (Fsp3) is 0.267. The Morgan fingerprint density at radius 3 is 3.00 bits per heavy atom. The molecule has 0 saturated heterocycles. The Hall–Kier alpha value is -3.07. The van der Waals surface area contributed by atoms with Crippen molar-refractivity contribution >= 4 is 5.97 Å². The molecule has 0 radical (unpaired) electrons. The monoisotopic (exact) mass is 328 g/mol. The number of nitrogens with zero attached hydrogens (tertiary/aromatic N) is 5.